The van der Waals surface area contributed by atoms with E-state index in [9.17, 15) is 0 Å². The van der Waals surface area contributed by atoms with Gasteiger partial charge in [-0.15, -0.1) is 11.6 Å². The second kappa shape index (κ2) is 4.66. The molecule has 0 aliphatic heterocycles. The minimum atomic E-state index is -0.313. The van der Waals surface area contributed by atoms with E-state index in [1.165, 1.54) is 12.1 Å². The van der Waals surface area contributed by atoms with Gasteiger partial charge in [0.05, 0.1) is 0 Å². The van der Waals surface area contributed by atoms with Gasteiger partial charge in [-0.25, -0.2) is 0 Å². The Morgan fingerprint density at radius 1 is 1.57 bits per heavy atom. The highest BCUT2D eigenvalue weighted by atomic mass is 35.5. The lowest BCUT2D eigenvalue weighted by atomic mass is 10.9. The van der Waals surface area contributed by atoms with Gasteiger partial charge in [0.25, 0.3) is 0 Å². The van der Waals surface area contributed by atoms with Crippen LogP contribution >= 0.6 is 11.6 Å². The molecule has 1 unspecified atom stereocenters. The molecule has 2 heteroatoms. The van der Waals surface area contributed by atoms with Crippen molar-refractivity contribution in [2.75, 3.05) is 5.88 Å². The van der Waals surface area contributed by atoms with Crippen LogP contribution < -0.4 is 0 Å². The molecule has 0 N–H and O–H groups in total. The fourth-order valence-electron chi connectivity index (χ4n) is 0.390. The largest absolute Gasteiger partial charge is 0.127 e. The Morgan fingerprint density at radius 3 is 2.29 bits per heavy atom. The van der Waals surface area contributed by atoms with Gasteiger partial charge in [0.15, 0.2) is 0 Å². The zero-order valence-electron chi connectivity index (χ0n) is 5.08. The molecule has 0 bridgehead atoms. The summed E-state index contributed by atoms with van der Waals surface area (Å²) in [5, 5.41) is 0. The summed E-state index contributed by atoms with van der Waals surface area (Å²) in [5.41, 5.74) is 0. The van der Waals surface area contributed by atoms with Crippen molar-refractivity contribution in [3.63, 3.8) is 0 Å². The van der Waals surface area contributed by atoms with Crippen LogP contribution in [-0.4, -0.2) is 14.7 Å². The van der Waals surface area contributed by atoms with Crippen molar-refractivity contribution < 1.29 is 0 Å². The Balaban J connectivity index is 2.83. The van der Waals surface area contributed by atoms with Crippen LogP contribution in [0, 0.1) is 0 Å². The van der Waals surface area contributed by atoms with Crippen molar-refractivity contribution in [1.82, 2.24) is 0 Å². The molecule has 7 heavy (non-hydrogen) atoms. The summed E-state index contributed by atoms with van der Waals surface area (Å²) in [6.07, 6.45) is 0. The Hall–Kier alpha value is 0.507. The molecule has 0 aromatic carbocycles. The van der Waals surface area contributed by atoms with Gasteiger partial charge in [-0.3, -0.25) is 0 Å². The normalized spacial score (nSPS) is 14.1. The molecular formula is C5H13ClSi. The number of hydrogen-bond donors (Lipinski definition) is 0. The maximum absolute atomic E-state index is 5.51. The third-order valence-corrected chi connectivity index (χ3v) is 4.55. The third kappa shape index (κ3) is 4.36. The van der Waals surface area contributed by atoms with Crippen LogP contribution in [0.1, 0.15) is 6.92 Å². The van der Waals surface area contributed by atoms with Crippen molar-refractivity contribution in [2.24, 2.45) is 0 Å². The summed E-state index contributed by atoms with van der Waals surface area (Å²) in [6, 6.07) is 2.70. The molecule has 0 aromatic rings. The van der Waals surface area contributed by atoms with E-state index < -0.39 is 0 Å². The van der Waals surface area contributed by atoms with Crippen LogP contribution in [0.5, 0.6) is 0 Å². The predicted molar refractivity (Wildman–Crippen MR) is 39.0 cm³/mol. The lowest BCUT2D eigenvalue weighted by molar-refractivity contribution is 1.32. The Labute approximate surface area is 52.5 Å². The number of rotatable bonds is 3. The lowest BCUT2D eigenvalue weighted by Crippen LogP contribution is -2.03. The quantitative estimate of drug-likeness (QED) is 0.412. The monoisotopic (exact) mass is 136 g/mol. The first-order chi connectivity index (χ1) is 3.31. The second-order valence-electron chi connectivity index (χ2n) is 1.99. The first-order valence-electron chi connectivity index (χ1n) is 2.87. The molecule has 0 aliphatic rings. The van der Waals surface area contributed by atoms with Crippen molar-refractivity contribution in [2.45, 2.75) is 25.6 Å². The van der Waals surface area contributed by atoms with Gasteiger partial charge < -0.3 is 0 Å². The number of alkyl halides is 1. The van der Waals surface area contributed by atoms with Gasteiger partial charge in [0.2, 0.25) is 0 Å². The van der Waals surface area contributed by atoms with E-state index in [4.69, 9.17) is 11.6 Å². The molecule has 0 heterocycles. The number of halogens is 1. The van der Waals surface area contributed by atoms with Crippen LogP contribution in [0.4, 0.5) is 0 Å². The molecule has 0 nitrogen and oxygen atoms in total. The zero-order chi connectivity index (χ0) is 5.70. The van der Waals surface area contributed by atoms with Gasteiger partial charge >= 0.3 is 0 Å². The highest BCUT2D eigenvalue weighted by molar-refractivity contribution is 6.58. The molecule has 44 valence electrons. The van der Waals surface area contributed by atoms with E-state index in [0.717, 1.165) is 5.88 Å². The molecule has 0 rings (SSSR count). The maximum Gasteiger partial charge on any atom is 0.0345 e. The first-order valence-corrected chi connectivity index (χ1v) is 6.19. The topological polar surface area (TPSA) is 0 Å². The molecule has 0 fully saturated rings. The van der Waals surface area contributed by atoms with Crippen molar-refractivity contribution in [3.05, 3.63) is 0 Å². The SMILES string of the molecule is CC[SiH](C)CCCl. The van der Waals surface area contributed by atoms with E-state index in [0.29, 0.717) is 0 Å². The summed E-state index contributed by atoms with van der Waals surface area (Å²) in [5.74, 6) is 0.876. The molecular weight excluding hydrogens is 124 g/mol. The molecule has 0 radical (unpaired) electrons. The summed E-state index contributed by atoms with van der Waals surface area (Å²) in [7, 11) is -0.313. The summed E-state index contributed by atoms with van der Waals surface area (Å²) in [4.78, 5) is 0. The van der Waals surface area contributed by atoms with Crippen LogP contribution in [0.3, 0.4) is 0 Å². The summed E-state index contributed by atoms with van der Waals surface area (Å²) < 4.78 is 0. The zero-order valence-corrected chi connectivity index (χ0v) is 6.99. The minimum Gasteiger partial charge on any atom is -0.127 e. The van der Waals surface area contributed by atoms with E-state index in [2.05, 4.69) is 13.5 Å². The van der Waals surface area contributed by atoms with Crippen molar-refractivity contribution in [3.8, 4) is 0 Å². The standard InChI is InChI=1S/C5H13ClSi/c1-3-7(2)5-4-6/h7H,3-5H2,1-2H3. The van der Waals surface area contributed by atoms with E-state index >= 15 is 0 Å². The summed E-state index contributed by atoms with van der Waals surface area (Å²) >= 11 is 5.51. The molecule has 0 saturated carbocycles. The van der Waals surface area contributed by atoms with Crippen LogP contribution in [0.15, 0.2) is 0 Å². The van der Waals surface area contributed by atoms with Crippen LogP contribution in [0.25, 0.3) is 0 Å². The first kappa shape index (κ1) is 7.51. The maximum atomic E-state index is 5.51. The Morgan fingerprint density at radius 2 is 2.14 bits per heavy atom. The van der Waals surface area contributed by atoms with Gasteiger partial charge in [-0.1, -0.05) is 19.5 Å². The molecule has 0 spiro atoms. The van der Waals surface area contributed by atoms with Crippen molar-refractivity contribution in [1.29, 1.82) is 0 Å². The molecule has 1 atom stereocenters. The van der Waals surface area contributed by atoms with Crippen molar-refractivity contribution >= 4 is 20.4 Å². The van der Waals surface area contributed by atoms with Crippen LogP contribution in [0.2, 0.25) is 18.6 Å². The fourth-order valence-corrected chi connectivity index (χ4v) is 2.29. The average molecular weight is 137 g/mol. The van der Waals surface area contributed by atoms with E-state index in [1.807, 2.05) is 0 Å². The van der Waals surface area contributed by atoms with Gasteiger partial charge in [-0.05, 0) is 6.04 Å². The fraction of sp³-hybridized carbons (Fsp3) is 1.00. The summed E-state index contributed by atoms with van der Waals surface area (Å²) in [6.45, 7) is 4.62. The Bertz CT molecular complexity index is 39.1. The van der Waals surface area contributed by atoms with Gasteiger partial charge in [0, 0.05) is 14.7 Å². The minimum absolute atomic E-state index is 0.313. The van der Waals surface area contributed by atoms with Gasteiger partial charge in [-0.2, -0.15) is 0 Å². The third-order valence-electron chi connectivity index (χ3n) is 1.30. The lowest BCUT2D eigenvalue weighted by Gasteiger charge is -1.99. The smallest absolute Gasteiger partial charge is 0.0345 e. The van der Waals surface area contributed by atoms with E-state index in [-0.39, 0.29) is 8.80 Å². The number of hydrogen-bond acceptors (Lipinski definition) is 0. The molecule has 0 aromatic heterocycles. The van der Waals surface area contributed by atoms with Gasteiger partial charge in [0.1, 0.15) is 0 Å². The highest BCUT2D eigenvalue weighted by Crippen LogP contribution is 1.98. The Kier molecular flexibility index (Phi) is 5.00. The molecule has 0 amide bonds. The second-order valence-corrected chi connectivity index (χ2v) is 5.97. The molecule has 0 saturated heterocycles. The van der Waals surface area contributed by atoms with Crippen LogP contribution in [-0.2, 0) is 0 Å². The van der Waals surface area contributed by atoms with E-state index in [1.54, 1.807) is 0 Å². The predicted octanol–water partition coefficient (Wildman–Crippen LogP) is 2.10. The molecule has 0 aliphatic carbocycles. The average Bonchev–Trinajstić information content (AvgIpc) is 1.68. The highest BCUT2D eigenvalue weighted by Gasteiger charge is 1.95.